The highest BCUT2D eigenvalue weighted by Crippen LogP contribution is 2.45. The van der Waals surface area contributed by atoms with Crippen molar-refractivity contribution in [2.24, 2.45) is 5.92 Å². The van der Waals surface area contributed by atoms with Crippen LogP contribution in [0.1, 0.15) is 426 Å². The van der Waals surface area contributed by atoms with Gasteiger partial charge in [-0.3, -0.25) is 37.3 Å². The van der Waals surface area contributed by atoms with Gasteiger partial charge in [-0.25, -0.2) is 9.13 Å². The first-order valence-corrected chi connectivity index (χ1v) is 44.7. The Morgan fingerprint density at radius 3 is 0.717 bits per heavy atom. The van der Waals surface area contributed by atoms with Crippen LogP contribution in [0.25, 0.3) is 0 Å². The molecule has 19 heteroatoms. The molecule has 0 aromatic rings. The first-order valence-electron chi connectivity index (χ1n) is 41.7. The molecule has 17 nitrogen and oxygen atoms in total. The van der Waals surface area contributed by atoms with Crippen molar-refractivity contribution in [3.05, 3.63) is 0 Å². The number of ether oxygens (including phenoxy) is 4. The summed E-state index contributed by atoms with van der Waals surface area (Å²) < 4.78 is 68.6. The summed E-state index contributed by atoms with van der Waals surface area (Å²) in [6.45, 7) is 7.30. The molecule has 0 bridgehead atoms. The fourth-order valence-corrected chi connectivity index (χ4v) is 14.0. The molecule has 0 aromatic carbocycles. The van der Waals surface area contributed by atoms with Crippen molar-refractivity contribution in [3.8, 4) is 0 Å². The predicted molar refractivity (Wildman–Crippen MR) is 405 cm³/mol. The van der Waals surface area contributed by atoms with E-state index in [1.807, 2.05) is 0 Å². The third-order valence-corrected chi connectivity index (χ3v) is 21.0. The number of unbranched alkanes of at least 4 members (excludes halogenated alkanes) is 51. The molecule has 0 aliphatic heterocycles. The molecule has 0 fully saturated rings. The zero-order valence-electron chi connectivity index (χ0n) is 64.6. The van der Waals surface area contributed by atoms with Gasteiger partial charge in [-0.2, -0.15) is 0 Å². The SMILES string of the molecule is CCCCCCCCCCCCCCCCCCCCCCC(=O)O[C@H](COC(=O)CCCCCCCCCCCCCCCCCCCC)COP(=O)(O)OC[C@@H](O)COP(=O)(O)OC[C@@H](COC(=O)CCCCCCCCC)OC(=O)CCCCCCCCCCCCC(C)CC. The summed E-state index contributed by atoms with van der Waals surface area (Å²) in [5.74, 6) is -1.31. The van der Waals surface area contributed by atoms with Crippen LogP contribution in [0.2, 0.25) is 0 Å². The van der Waals surface area contributed by atoms with Gasteiger partial charge in [0.15, 0.2) is 12.2 Å². The molecule has 0 saturated heterocycles. The van der Waals surface area contributed by atoms with Gasteiger partial charge in [0.25, 0.3) is 0 Å². The zero-order valence-corrected chi connectivity index (χ0v) is 66.4. The molecule has 0 aliphatic rings. The summed E-state index contributed by atoms with van der Waals surface area (Å²) in [7, 11) is -9.91. The van der Waals surface area contributed by atoms with Crippen LogP contribution in [0.3, 0.4) is 0 Å². The summed E-state index contributed by atoms with van der Waals surface area (Å²) in [6, 6.07) is 0. The highest BCUT2D eigenvalue weighted by Gasteiger charge is 2.30. The molecule has 3 unspecified atom stereocenters. The van der Waals surface area contributed by atoms with Crippen LogP contribution in [0.15, 0.2) is 0 Å². The van der Waals surface area contributed by atoms with Crippen molar-refractivity contribution in [2.75, 3.05) is 39.6 Å². The van der Waals surface area contributed by atoms with Gasteiger partial charge in [-0.1, -0.05) is 375 Å². The number of phosphoric acid groups is 2. The van der Waals surface area contributed by atoms with E-state index < -0.39 is 97.5 Å². The first-order chi connectivity index (χ1) is 48.1. The number of hydrogen-bond acceptors (Lipinski definition) is 15. The molecule has 0 spiro atoms. The van der Waals surface area contributed by atoms with Crippen molar-refractivity contribution >= 4 is 39.5 Å². The number of carbonyl (C=O) groups excluding carboxylic acids is 4. The number of phosphoric ester groups is 2. The Kier molecular flexibility index (Phi) is 71.6. The molecule has 0 aromatic heterocycles. The lowest BCUT2D eigenvalue weighted by atomic mass is 9.99. The van der Waals surface area contributed by atoms with E-state index in [0.29, 0.717) is 25.7 Å². The fourth-order valence-electron chi connectivity index (χ4n) is 12.4. The van der Waals surface area contributed by atoms with Crippen LogP contribution >= 0.6 is 15.6 Å². The third-order valence-electron chi connectivity index (χ3n) is 19.1. The summed E-state index contributed by atoms with van der Waals surface area (Å²) in [5, 5.41) is 10.6. The molecule has 0 amide bonds. The van der Waals surface area contributed by atoms with Crippen molar-refractivity contribution in [2.45, 2.75) is 445 Å². The van der Waals surface area contributed by atoms with Gasteiger partial charge >= 0.3 is 39.5 Å². The minimum Gasteiger partial charge on any atom is -0.462 e. The smallest absolute Gasteiger partial charge is 0.462 e. The van der Waals surface area contributed by atoms with Crippen molar-refractivity contribution in [1.82, 2.24) is 0 Å². The number of aliphatic hydroxyl groups is 1. The lowest BCUT2D eigenvalue weighted by Crippen LogP contribution is -2.30. The lowest BCUT2D eigenvalue weighted by molar-refractivity contribution is -0.161. The molecule has 0 heterocycles. The van der Waals surface area contributed by atoms with Crippen LogP contribution in [0, 0.1) is 5.92 Å². The van der Waals surface area contributed by atoms with Gasteiger partial charge in [0.05, 0.1) is 26.4 Å². The number of aliphatic hydroxyl groups excluding tert-OH is 1. The molecule has 0 rings (SSSR count). The van der Waals surface area contributed by atoms with Gasteiger partial charge < -0.3 is 33.8 Å². The maximum absolute atomic E-state index is 13.1. The van der Waals surface area contributed by atoms with Crippen molar-refractivity contribution in [1.29, 1.82) is 0 Å². The highest BCUT2D eigenvalue weighted by atomic mass is 31.2. The van der Waals surface area contributed by atoms with Crippen LogP contribution in [-0.4, -0.2) is 96.7 Å². The maximum Gasteiger partial charge on any atom is 0.472 e. The van der Waals surface area contributed by atoms with E-state index in [4.69, 9.17) is 37.0 Å². The molecule has 588 valence electrons. The number of rotatable bonds is 80. The van der Waals surface area contributed by atoms with E-state index in [0.717, 1.165) is 109 Å². The Hall–Kier alpha value is -1.94. The minimum absolute atomic E-state index is 0.106. The maximum atomic E-state index is 13.1. The number of esters is 4. The van der Waals surface area contributed by atoms with E-state index in [1.165, 1.54) is 238 Å². The van der Waals surface area contributed by atoms with Gasteiger partial charge in [-0.05, 0) is 31.6 Å². The topological polar surface area (TPSA) is 237 Å². The monoisotopic (exact) mass is 1450 g/mol. The third kappa shape index (κ3) is 72.8. The van der Waals surface area contributed by atoms with E-state index in [1.54, 1.807) is 0 Å². The Morgan fingerprint density at radius 1 is 0.283 bits per heavy atom. The Bertz CT molecular complexity index is 1890. The van der Waals surface area contributed by atoms with Gasteiger partial charge in [-0.15, -0.1) is 0 Å². The standard InChI is InChI=1S/C80H156O17P2/c1-6-10-13-16-19-21-23-25-27-29-31-32-34-36-38-40-45-50-55-60-65-79(84)97-76(70-91-78(83)64-59-54-49-44-39-37-35-33-30-28-26-24-22-20-17-14-11-7-2)72-95-99(88,89)93-68-74(81)67-92-98(86,87)94-71-75(69-90-77(82)63-58-53-47-18-15-12-8-3)96-80(85)66-61-56-51-46-42-41-43-48-52-57-62-73(5)9-4/h73-76,81H,6-72H2,1-5H3,(H,86,87)(H,88,89)/t73?,74-,75+,76+/m0/s1. The van der Waals surface area contributed by atoms with Gasteiger partial charge in [0, 0.05) is 25.7 Å². The Morgan fingerprint density at radius 2 is 0.485 bits per heavy atom. The highest BCUT2D eigenvalue weighted by molar-refractivity contribution is 7.47. The predicted octanol–water partition coefficient (Wildman–Crippen LogP) is 24.0. The average Bonchev–Trinajstić information content (AvgIpc) is 0.964. The van der Waals surface area contributed by atoms with Crippen LogP contribution in [-0.2, 0) is 65.4 Å². The molecule has 99 heavy (non-hydrogen) atoms. The van der Waals surface area contributed by atoms with Crippen molar-refractivity contribution in [3.63, 3.8) is 0 Å². The minimum atomic E-state index is -4.96. The molecule has 6 atom stereocenters. The Labute approximate surface area is 607 Å². The van der Waals surface area contributed by atoms with Crippen LogP contribution < -0.4 is 0 Å². The van der Waals surface area contributed by atoms with E-state index in [-0.39, 0.29) is 25.7 Å². The average molecular weight is 1450 g/mol. The lowest BCUT2D eigenvalue weighted by Gasteiger charge is -2.21. The summed E-state index contributed by atoms with van der Waals surface area (Å²) in [6.07, 6.45) is 64.0. The second kappa shape index (κ2) is 73.0. The summed E-state index contributed by atoms with van der Waals surface area (Å²) >= 11 is 0. The molecular weight excluding hydrogens is 1290 g/mol. The second-order valence-electron chi connectivity index (χ2n) is 29.1. The van der Waals surface area contributed by atoms with Gasteiger partial charge in [0.2, 0.25) is 0 Å². The quantitative estimate of drug-likeness (QED) is 0.0222. The molecule has 3 N–H and O–H groups in total. The number of hydrogen-bond donors (Lipinski definition) is 3. The summed E-state index contributed by atoms with van der Waals surface area (Å²) in [5.41, 5.74) is 0. The number of carbonyl (C=O) groups is 4. The second-order valence-corrected chi connectivity index (χ2v) is 32.0. The van der Waals surface area contributed by atoms with E-state index in [2.05, 4.69) is 34.6 Å². The first kappa shape index (κ1) is 97.1. The molecule has 0 radical (unpaired) electrons. The largest absolute Gasteiger partial charge is 0.472 e. The normalized spacial score (nSPS) is 14.1. The molecule has 0 saturated carbocycles. The fraction of sp³-hybridized carbons (Fsp3) is 0.950. The van der Waals surface area contributed by atoms with E-state index >= 15 is 0 Å². The van der Waals surface area contributed by atoms with E-state index in [9.17, 15) is 43.2 Å². The van der Waals surface area contributed by atoms with Crippen molar-refractivity contribution < 1.29 is 80.2 Å². The summed E-state index contributed by atoms with van der Waals surface area (Å²) in [4.78, 5) is 72.8. The Balaban J connectivity index is 5.18. The molecule has 0 aliphatic carbocycles. The van der Waals surface area contributed by atoms with Crippen LogP contribution in [0.5, 0.6) is 0 Å². The van der Waals surface area contributed by atoms with Crippen LogP contribution in [0.4, 0.5) is 0 Å². The van der Waals surface area contributed by atoms with Gasteiger partial charge in [0.1, 0.15) is 19.3 Å². The molecular formula is C80H156O17P2. The zero-order chi connectivity index (χ0) is 72.7.